The van der Waals surface area contributed by atoms with E-state index in [1.54, 1.807) is 11.0 Å². The molecule has 1 saturated heterocycles. The van der Waals surface area contributed by atoms with Crippen LogP contribution in [-0.4, -0.2) is 46.6 Å². The maximum absolute atomic E-state index is 12.7. The highest BCUT2D eigenvalue weighted by atomic mass is 35.5. The Hall–Kier alpha value is -2.34. The molecule has 0 spiro atoms. The molecule has 24 heavy (non-hydrogen) atoms. The van der Waals surface area contributed by atoms with Gasteiger partial charge in [-0.05, 0) is 19.1 Å². The molecule has 1 aliphatic rings. The lowest BCUT2D eigenvalue weighted by molar-refractivity contribution is 0.0765. The minimum absolute atomic E-state index is 0.0535. The lowest BCUT2D eigenvalue weighted by Gasteiger charge is -2.18. The Bertz CT molecular complexity index is 708. The third-order valence-corrected chi connectivity index (χ3v) is 3.91. The van der Waals surface area contributed by atoms with Crippen LogP contribution in [-0.2, 0) is 0 Å². The summed E-state index contributed by atoms with van der Waals surface area (Å²) >= 11 is 5.76. The topological polar surface area (TPSA) is 64.5 Å². The summed E-state index contributed by atoms with van der Waals surface area (Å²) in [6.45, 7) is 3.53. The van der Waals surface area contributed by atoms with Gasteiger partial charge in [0.1, 0.15) is 11.9 Å². The fraction of sp³-hybridized carbons (Fsp3) is 0.353. The summed E-state index contributed by atoms with van der Waals surface area (Å²) in [5.74, 6) is 0.553. The van der Waals surface area contributed by atoms with Crippen molar-refractivity contribution < 1.29 is 14.3 Å². The summed E-state index contributed by atoms with van der Waals surface area (Å²) < 4.78 is 11.3. The first-order valence-electron chi connectivity index (χ1n) is 7.82. The zero-order chi connectivity index (χ0) is 16.9. The van der Waals surface area contributed by atoms with Crippen LogP contribution in [0.2, 0.25) is 5.02 Å². The number of hydrogen-bond acceptors (Lipinski definition) is 5. The average molecular weight is 348 g/mol. The SMILES string of the molecule is CCOc1ccccc1C(=O)N1CC[C@@H](Oc2ncc(Cl)cn2)C1. The van der Waals surface area contributed by atoms with Gasteiger partial charge in [-0.3, -0.25) is 4.79 Å². The van der Waals surface area contributed by atoms with Gasteiger partial charge in [0.25, 0.3) is 5.91 Å². The minimum Gasteiger partial charge on any atom is -0.493 e. The molecule has 2 aromatic rings. The summed E-state index contributed by atoms with van der Waals surface area (Å²) in [5.41, 5.74) is 0.572. The standard InChI is InChI=1S/C17H18ClN3O3/c1-2-23-15-6-4-3-5-14(15)16(22)21-8-7-13(11-21)24-17-19-9-12(18)10-20-17/h3-6,9-10,13H,2,7-8,11H2,1H3/t13-/m1/s1. The summed E-state index contributed by atoms with van der Waals surface area (Å²) in [6.07, 6.45) is 3.57. The number of amides is 1. The van der Waals surface area contributed by atoms with Crippen molar-refractivity contribution in [2.24, 2.45) is 0 Å². The summed E-state index contributed by atoms with van der Waals surface area (Å²) in [4.78, 5) is 22.5. The van der Waals surface area contributed by atoms with E-state index in [0.29, 0.717) is 36.0 Å². The first kappa shape index (κ1) is 16.5. The molecule has 3 rings (SSSR count). The Labute approximate surface area is 145 Å². The van der Waals surface area contributed by atoms with E-state index in [1.165, 1.54) is 12.4 Å². The molecule has 1 aliphatic heterocycles. The van der Waals surface area contributed by atoms with Crippen molar-refractivity contribution >= 4 is 17.5 Å². The van der Waals surface area contributed by atoms with Crippen LogP contribution in [0.15, 0.2) is 36.7 Å². The average Bonchev–Trinajstić information content (AvgIpc) is 3.06. The molecule has 1 amide bonds. The number of likely N-dealkylation sites (tertiary alicyclic amines) is 1. The largest absolute Gasteiger partial charge is 0.493 e. The van der Waals surface area contributed by atoms with Crippen molar-refractivity contribution in [1.29, 1.82) is 0 Å². The van der Waals surface area contributed by atoms with E-state index >= 15 is 0 Å². The Morgan fingerprint density at radius 1 is 1.33 bits per heavy atom. The van der Waals surface area contributed by atoms with Gasteiger partial charge in [0.05, 0.1) is 36.1 Å². The van der Waals surface area contributed by atoms with Gasteiger partial charge in [-0.25, -0.2) is 9.97 Å². The normalized spacial score (nSPS) is 16.9. The molecule has 126 valence electrons. The number of carbonyl (C=O) groups excluding carboxylic acids is 1. The quantitative estimate of drug-likeness (QED) is 0.832. The number of rotatable bonds is 5. The summed E-state index contributed by atoms with van der Waals surface area (Å²) in [7, 11) is 0. The smallest absolute Gasteiger partial charge is 0.316 e. The van der Waals surface area contributed by atoms with Gasteiger partial charge in [0, 0.05) is 13.0 Å². The van der Waals surface area contributed by atoms with E-state index in [1.807, 2.05) is 25.1 Å². The zero-order valence-electron chi connectivity index (χ0n) is 13.3. The Morgan fingerprint density at radius 3 is 2.83 bits per heavy atom. The van der Waals surface area contributed by atoms with Crippen LogP contribution >= 0.6 is 11.6 Å². The third-order valence-electron chi connectivity index (χ3n) is 3.72. The lowest BCUT2D eigenvalue weighted by atomic mass is 10.2. The molecule has 7 heteroatoms. The molecule has 0 N–H and O–H groups in total. The zero-order valence-corrected chi connectivity index (χ0v) is 14.1. The Balaban J connectivity index is 1.65. The molecule has 1 aromatic heterocycles. The molecular weight excluding hydrogens is 330 g/mol. The van der Waals surface area contributed by atoms with E-state index in [-0.39, 0.29) is 18.0 Å². The Kier molecular flexibility index (Phi) is 5.15. The molecule has 0 radical (unpaired) electrons. The van der Waals surface area contributed by atoms with Gasteiger partial charge in [-0.15, -0.1) is 0 Å². The molecule has 1 atom stereocenters. The number of carbonyl (C=O) groups is 1. The van der Waals surface area contributed by atoms with Crippen LogP contribution in [0, 0.1) is 0 Å². The van der Waals surface area contributed by atoms with Crippen LogP contribution in [0.4, 0.5) is 0 Å². The van der Waals surface area contributed by atoms with Gasteiger partial charge >= 0.3 is 6.01 Å². The second kappa shape index (κ2) is 7.49. The van der Waals surface area contributed by atoms with Gasteiger partial charge in [0.15, 0.2) is 0 Å². The minimum atomic E-state index is -0.130. The fourth-order valence-corrected chi connectivity index (χ4v) is 2.71. The summed E-state index contributed by atoms with van der Waals surface area (Å²) in [6, 6.07) is 7.55. The van der Waals surface area contributed by atoms with Crippen LogP contribution < -0.4 is 9.47 Å². The first-order valence-corrected chi connectivity index (χ1v) is 8.20. The molecule has 1 fully saturated rings. The highest BCUT2D eigenvalue weighted by Crippen LogP contribution is 2.23. The lowest BCUT2D eigenvalue weighted by Crippen LogP contribution is -2.31. The molecule has 0 unspecified atom stereocenters. The number of para-hydroxylation sites is 1. The van der Waals surface area contributed by atoms with Gasteiger partial charge in [-0.1, -0.05) is 23.7 Å². The second-order valence-corrected chi connectivity index (χ2v) is 5.83. The summed E-state index contributed by atoms with van der Waals surface area (Å²) in [5, 5.41) is 0.457. The molecule has 0 aliphatic carbocycles. The van der Waals surface area contributed by atoms with Crippen LogP contribution in [0.5, 0.6) is 11.8 Å². The molecule has 0 bridgehead atoms. The number of hydrogen-bond donors (Lipinski definition) is 0. The predicted octanol–water partition coefficient (Wildman–Crippen LogP) is 2.82. The highest BCUT2D eigenvalue weighted by molar-refractivity contribution is 6.30. The van der Waals surface area contributed by atoms with Gasteiger partial charge < -0.3 is 14.4 Å². The van der Waals surface area contributed by atoms with Crippen LogP contribution in [0.3, 0.4) is 0 Å². The number of halogens is 1. The predicted molar refractivity (Wildman–Crippen MR) is 89.6 cm³/mol. The van der Waals surface area contributed by atoms with Crippen molar-refractivity contribution in [2.45, 2.75) is 19.4 Å². The monoisotopic (exact) mass is 347 g/mol. The Morgan fingerprint density at radius 2 is 2.08 bits per heavy atom. The van der Waals surface area contributed by atoms with Crippen molar-refractivity contribution in [3.8, 4) is 11.8 Å². The van der Waals surface area contributed by atoms with Crippen LogP contribution in [0.25, 0.3) is 0 Å². The van der Waals surface area contributed by atoms with E-state index in [0.717, 1.165) is 6.42 Å². The van der Waals surface area contributed by atoms with E-state index in [4.69, 9.17) is 21.1 Å². The van der Waals surface area contributed by atoms with Crippen molar-refractivity contribution in [2.75, 3.05) is 19.7 Å². The van der Waals surface area contributed by atoms with Crippen molar-refractivity contribution in [3.05, 3.63) is 47.2 Å². The van der Waals surface area contributed by atoms with Crippen LogP contribution in [0.1, 0.15) is 23.7 Å². The van der Waals surface area contributed by atoms with Crippen molar-refractivity contribution in [1.82, 2.24) is 14.9 Å². The number of nitrogens with zero attached hydrogens (tertiary/aromatic N) is 3. The maximum atomic E-state index is 12.7. The third kappa shape index (κ3) is 3.76. The fourth-order valence-electron chi connectivity index (χ4n) is 2.61. The van der Waals surface area contributed by atoms with Gasteiger partial charge in [-0.2, -0.15) is 0 Å². The number of benzene rings is 1. The first-order chi connectivity index (χ1) is 11.7. The van der Waals surface area contributed by atoms with E-state index in [9.17, 15) is 4.79 Å². The molecule has 0 saturated carbocycles. The number of ether oxygens (including phenoxy) is 2. The molecule has 1 aromatic carbocycles. The van der Waals surface area contributed by atoms with E-state index < -0.39 is 0 Å². The van der Waals surface area contributed by atoms with Gasteiger partial charge in [0.2, 0.25) is 0 Å². The second-order valence-electron chi connectivity index (χ2n) is 5.39. The highest BCUT2D eigenvalue weighted by Gasteiger charge is 2.30. The van der Waals surface area contributed by atoms with E-state index in [2.05, 4.69) is 9.97 Å². The van der Waals surface area contributed by atoms with Crippen molar-refractivity contribution in [3.63, 3.8) is 0 Å². The molecule has 2 heterocycles. The number of aromatic nitrogens is 2. The maximum Gasteiger partial charge on any atom is 0.316 e. The molecule has 6 nitrogen and oxygen atoms in total. The molecular formula is C17H18ClN3O3.